The van der Waals surface area contributed by atoms with Crippen molar-refractivity contribution in [2.75, 3.05) is 6.79 Å². The summed E-state index contributed by atoms with van der Waals surface area (Å²) in [6, 6.07) is 13.7. The van der Waals surface area contributed by atoms with E-state index in [1.165, 1.54) is 23.9 Å². The van der Waals surface area contributed by atoms with Crippen LogP contribution in [0.4, 0.5) is 10.1 Å². The van der Waals surface area contributed by atoms with Gasteiger partial charge in [0.15, 0.2) is 16.7 Å². The second-order valence-electron chi connectivity index (χ2n) is 7.16. The van der Waals surface area contributed by atoms with Gasteiger partial charge < -0.3 is 19.4 Å². The summed E-state index contributed by atoms with van der Waals surface area (Å²) in [5.74, 6) is 0.919. The van der Waals surface area contributed by atoms with Crippen LogP contribution in [-0.4, -0.2) is 22.4 Å². The predicted octanol–water partition coefficient (Wildman–Crippen LogP) is 4.85. The summed E-state index contributed by atoms with van der Waals surface area (Å²) in [5.41, 5.74) is 4.52. The summed E-state index contributed by atoms with van der Waals surface area (Å²) >= 11 is 1.26. The van der Waals surface area contributed by atoms with Crippen molar-refractivity contribution in [3.05, 3.63) is 76.2 Å². The Morgan fingerprint density at radius 1 is 1.10 bits per heavy atom. The highest BCUT2D eigenvalue weighted by Crippen LogP contribution is 2.35. The molecule has 0 unspecified atom stereocenters. The van der Waals surface area contributed by atoms with E-state index in [9.17, 15) is 9.18 Å². The van der Waals surface area contributed by atoms with Crippen molar-refractivity contribution in [1.82, 2.24) is 9.88 Å². The highest BCUT2D eigenvalue weighted by atomic mass is 32.2. The molecule has 1 fully saturated rings. The number of rotatable bonds is 3. The molecule has 8 heteroatoms. The molecule has 31 heavy (non-hydrogen) atoms. The van der Waals surface area contributed by atoms with Gasteiger partial charge in [-0.1, -0.05) is 0 Å². The van der Waals surface area contributed by atoms with Crippen molar-refractivity contribution in [1.29, 1.82) is 0 Å². The van der Waals surface area contributed by atoms with E-state index in [1.807, 2.05) is 44.2 Å². The lowest BCUT2D eigenvalue weighted by Gasteiger charge is -2.10. The number of halogens is 1. The van der Waals surface area contributed by atoms with Crippen LogP contribution < -0.4 is 14.8 Å². The SMILES string of the molecule is Cc1cc(/C=C2/SC(=Nc3ccc(F)cc3)NC2=O)c(C)n1-c1ccc2c(c1)OCO2. The first kappa shape index (κ1) is 19.4. The molecule has 0 radical (unpaired) electrons. The van der Waals surface area contributed by atoms with Gasteiger partial charge in [-0.25, -0.2) is 9.38 Å². The molecule has 3 heterocycles. The van der Waals surface area contributed by atoms with Crippen LogP contribution in [0.2, 0.25) is 0 Å². The quantitative estimate of drug-likeness (QED) is 0.597. The molecule has 0 atom stereocenters. The highest BCUT2D eigenvalue weighted by Gasteiger charge is 2.25. The third kappa shape index (κ3) is 3.70. The molecule has 0 bridgehead atoms. The third-order valence-corrected chi connectivity index (χ3v) is 5.99. The summed E-state index contributed by atoms with van der Waals surface area (Å²) in [5, 5.41) is 3.23. The number of amides is 1. The van der Waals surface area contributed by atoms with Crippen LogP contribution in [0, 0.1) is 19.7 Å². The number of thioether (sulfide) groups is 1. The molecule has 1 N–H and O–H groups in total. The van der Waals surface area contributed by atoms with Gasteiger partial charge in [0.25, 0.3) is 5.91 Å². The second kappa shape index (κ2) is 7.63. The van der Waals surface area contributed by atoms with Crippen LogP contribution in [0.15, 0.2) is 58.4 Å². The van der Waals surface area contributed by atoms with Crippen molar-refractivity contribution in [3.63, 3.8) is 0 Å². The van der Waals surface area contributed by atoms with Crippen molar-refractivity contribution in [3.8, 4) is 17.2 Å². The Hall–Kier alpha value is -3.52. The monoisotopic (exact) mass is 435 g/mol. The van der Waals surface area contributed by atoms with Crippen molar-refractivity contribution >= 4 is 34.6 Å². The van der Waals surface area contributed by atoms with E-state index in [-0.39, 0.29) is 18.5 Å². The molecule has 156 valence electrons. The van der Waals surface area contributed by atoms with Crippen LogP contribution in [0.3, 0.4) is 0 Å². The minimum Gasteiger partial charge on any atom is -0.454 e. The Labute approximate surface area is 182 Å². The Kier molecular flexibility index (Phi) is 4.78. The van der Waals surface area contributed by atoms with E-state index in [0.717, 1.165) is 34.1 Å². The van der Waals surface area contributed by atoms with Gasteiger partial charge >= 0.3 is 0 Å². The largest absolute Gasteiger partial charge is 0.454 e. The smallest absolute Gasteiger partial charge is 0.264 e. The van der Waals surface area contributed by atoms with Crippen LogP contribution in [0.5, 0.6) is 11.5 Å². The minimum atomic E-state index is -0.328. The average Bonchev–Trinajstić information content (AvgIpc) is 3.42. The van der Waals surface area contributed by atoms with Gasteiger partial charge in [-0.3, -0.25) is 4.79 Å². The average molecular weight is 435 g/mol. The molecule has 3 aromatic rings. The van der Waals surface area contributed by atoms with Crippen molar-refractivity contribution in [2.45, 2.75) is 13.8 Å². The zero-order chi connectivity index (χ0) is 21.5. The molecular formula is C23H18FN3O3S. The third-order valence-electron chi connectivity index (χ3n) is 5.08. The molecule has 0 aliphatic carbocycles. The topological polar surface area (TPSA) is 64.9 Å². The molecule has 0 spiro atoms. The molecule has 1 aromatic heterocycles. The van der Waals surface area contributed by atoms with Crippen LogP contribution >= 0.6 is 11.8 Å². The van der Waals surface area contributed by atoms with Gasteiger partial charge in [0, 0.05) is 23.1 Å². The lowest BCUT2D eigenvalue weighted by molar-refractivity contribution is -0.115. The van der Waals surface area contributed by atoms with Gasteiger partial charge in [-0.2, -0.15) is 0 Å². The summed E-state index contributed by atoms with van der Waals surface area (Å²) in [6.07, 6.45) is 1.86. The number of aryl methyl sites for hydroxylation is 1. The first-order chi connectivity index (χ1) is 15.0. The normalized spacial score (nSPS) is 17.6. The number of nitrogens with one attached hydrogen (secondary N) is 1. The number of amidine groups is 1. The summed E-state index contributed by atoms with van der Waals surface area (Å²) in [7, 11) is 0. The molecule has 1 amide bonds. The van der Waals surface area contributed by atoms with Crippen LogP contribution in [0.25, 0.3) is 11.8 Å². The number of ether oxygens (including phenoxy) is 2. The van der Waals surface area contributed by atoms with Crippen molar-refractivity contribution < 1.29 is 18.7 Å². The lowest BCUT2D eigenvalue weighted by Crippen LogP contribution is -2.19. The fourth-order valence-electron chi connectivity index (χ4n) is 3.61. The predicted molar refractivity (Wildman–Crippen MR) is 119 cm³/mol. The Morgan fingerprint density at radius 3 is 2.68 bits per heavy atom. The van der Waals surface area contributed by atoms with E-state index in [1.54, 1.807) is 12.1 Å². The lowest BCUT2D eigenvalue weighted by atomic mass is 10.2. The van der Waals surface area contributed by atoms with E-state index in [4.69, 9.17) is 9.47 Å². The summed E-state index contributed by atoms with van der Waals surface area (Å²) in [6.45, 7) is 4.26. The first-order valence-corrected chi connectivity index (χ1v) is 10.4. The number of aliphatic imine (C=N–C) groups is 1. The molecule has 5 rings (SSSR count). The number of benzene rings is 2. The maximum Gasteiger partial charge on any atom is 0.264 e. The van der Waals surface area contributed by atoms with Gasteiger partial charge in [-0.15, -0.1) is 0 Å². The number of carbonyl (C=O) groups excluding carboxylic acids is 1. The van der Waals surface area contributed by atoms with Gasteiger partial charge in [-0.05, 0) is 79.7 Å². The van der Waals surface area contributed by atoms with E-state index in [0.29, 0.717) is 15.8 Å². The number of hydrogen-bond donors (Lipinski definition) is 1. The van der Waals surface area contributed by atoms with Crippen LogP contribution in [0.1, 0.15) is 17.0 Å². The van der Waals surface area contributed by atoms with Gasteiger partial charge in [0.1, 0.15) is 5.82 Å². The number of nitrogens with zero attached hydrogens (tertiary/aromatic N) is 2. The Morgan fingerprint density at radius 2 is 1.87 bits per heavy atom. The standard InChI is InChI=1S/C23H18FN3O3S/c1-13-9-15(14(2)27(13)18-7-8-19-20(11-18)30-12-29-19)10-21-22(28)26-23(31-21)25-17-5-3-16(24)4-6-17/h3-11H,12H2,1-2H3,(H,25,26,28)/b21-10+. The molecule has 6 nitrogen and oxygen atoms in total. The van der Waals surface area contributed by atoms with Crippen molar-refractivity contribution in [2.24, 2.45) is 4.99 Å². The molecular weight excluding hydrogens is 417 g/mol. The first-order valence-electron chi connectivity index (χ1n) is 9.62. The number of carbonyl (C=O) groups is 1. The molecule has 2 aliphatic heterocycles. The van der Waals surface area contributed by atoms with Gasteiger partial charge in [0.05, 0.1) is 10.6 Å². The van der Waals surface area contributed by atoms with E-state index >= 15 is 0 Å². The maximum absolute atomic E-state index is 13.1. The van der Waals surface area contributed by atoms with Crippen LogP contribution in [-0.2, 0) is 4.79 Å². The zero-order valence-corrected chi connectivity index (χ0v) is 17.6. The highest BCUT2D eigenvalue weighted by molar-refractivity contribution is 8.18. The number of fused-ring (bicyclic) bond motifs is 1. The summed E-state index contributed by atoms with van der Waals surface area (Å²) in [4.78, 5) is 17.4. The Balaban J connectivity index is 1.44. The molecule has 2 aliphatic rings. The fourth-order valence-corrected chi connectivity index (χ4v) is 4.44. The number of aromatic nitrogens is 1. The second-order valence-corrected chi connectivity index (χ2v) is 8.19. The number of hydrogen-bond acceptors (Lipinski definition) is 5. The summed E-state index contributed by atoms with van der Waals surface area (Å²) < 4.78 is 26.1. The maximum atomic E-state index is 13.1. The van der Waals surface area contributed by atoms with E-state index in [2.05, 4.69) is 14.9 Å². The minimum absolute atomic E-state index is 0.209. The molecule has 2 aromatic carbocycles. The fraction of sp³-hybridized carbons (Fsp3) is 0.130. The van der Waals surface area contributed by atoms with Gasteiger partial charge in [0.2, 0.25) is 6.79 Å². The Bertz CT molecular complexity index is 1260. The zero-order valence-electron chi connectivity index (χ0n) is 16.8. The molecule has 1 saturated heterocycles. The molecule has 0 saturated carbocycles. The van der Waals surface area contributed by atoms with E-state index < -0.39 is 0 Å².